The van der Waals surface area contributed by atoms with Crippen LogP contribution in [0.25, 0.3) is 10.8 Å². The summed E-state index contributed by atoms with van der Waals surface area (Å²) in [6.07, 6.45) is 3.83. The van der Waals surface area contributed by atoms with Crippen LogP contribution in [0.15, 0.2) is 42.5 Å². The molecule has 2 aromatic carbocycles. The molecule has 130 valence electrons. The van der Waals surface area contributed by atoms with E-state index in [2.05, 4.69) is 6.07 Å². The van der Waals surface area contributed by atoms with Gasteiger partial charge in [0, 0.05) is 37.7 Å². The summed E-state index contributed by atoms with van der Waals surface area (Å²) in [5.41, 5.74) is 0.739. The van der Waals surface area contributed by atoms with Crippen LogP contribution in [0.2, 0.25) is 0 Å². The topological polar surface area (TPSA) is 40.6 Å². The molecule has 2 fully saturated rings. The maximum atomic E-state index is 12.8. The number of rotatable bonds is 2. The number of hydrogen-bond donors (Lipinski definition) is 0. The van der Waals surface area contributed by atoms with Crippen molar-refractivity contribution < 1.29 is 9.59 Å². The van der Waals surface area contributed by atoms with Gasteiger partial charge in [-0.1, -0.05) is 30.3 Å². The molecule has 0 aromatic heterocycles. The minimum absolute atomic E-state index is 0.0813. The van der Waals surface area contributed by atoms with E-state index in [1.807, 2.05) is 46.2 Å². The lowest BCUT2D eigenvalue weighted by molar-refractivity contribution is -0.135. The molecule has 4 heteroatoms. The van der Waals surface area contributed by atoms with Crippen LogP contribution < -0.4 is 0 Å². The number of benzene rings is 2. The van der Waals surface area contributed by atoms with E-state index in [1.165, 1.54) is 0 Å². The lowest BCUT2D eigenvalue weighted by Crippen LogP contribution is -2.43. The highest BCUT2D eigenvalue weighted by Gasteiger charge is 2.31. The Morgan fingerprint density at radius 2 is 1.48 bits per heavy atom. The van der Waals surface area contributed by atoms with Gasteiger partial charge in [-0.2, -0.15) is 0 Å². The van der Waals surface area contributed by atoms with Crippen molar-refractivity contribution in [3.05, 3.63) is 48.0 Å². The van der Waals surface area contributed by atoms with E-state index in [1.54, 1.807) is 0 Å². The number of carbonyl (C=O) groups is 2. The van der Waals surface area contributed by atoms with Crippen molar-refractivity contribution in [3.8, 4) is 0 Å². The number of likely N-dealkylation sites (tertiary alicyclic amines) is 2. The summed E-state index contributed by atoms with van der Waals surface area (Å²) in [6, 6.07) is 14.0. The first-order valence-corrected chi connectivity index (χ1v) is 9.29. The fourth-order valence-corrected chi connectivity index (χ4v) is 4.03. The standard InChI is InChI=1S/C21H24N2O2/c24-20(22-11-3-4-12-22)17-9-13-23(14-10-17)21(25)19-8-7-16-5-1-2-6-18(16)15-19/h1-2,5-8,15,17H,3-4,9-14H2. The molecule has 2 aliphatic rings. The molecule has 0 bridgehead atoms. The van der Waals surface area contributed by atoms with E-state index in [9.17, 15) is 9.59 Å². The van der Waals surface area contributed by atoms with Crippen molar-refractivity contribution in [2.24, 2.45) is 5.92 Å². The molecule has 0 radical (unpaired) electrons. The molecule has 2 aromatic rings. The van der Waals surface area contributed by atoms with Gasteiger partial charge in [-0.15, -0.1) is 0 Å². The number of nitrogens with zero attached hydrogens (tertiary/aromatic N) is 2. The molecule has 25 heavy (non-hydrogen) atoms. The molecule has 0 spiro atoms. The summed E-state index contributed by atoms with van der Waals surface area (Å²) in [4.78, 5) is 29.2. The third-order valence-electron chi connectivity index (χ3n) is 5.55. The highest BCUT2D eigenvalue weighted by molar-refractivity contribution is 5.98. The number of carbonyl (C=O) groups excluding carboxylic acids is 2. The number of hydrogen-bond acceptors (Lipinski definition) is 2. The highest BCUT2D eigenvalue weighted by atomic mass is 16.2. The maximum Gasteiger partial charge on any atom is 0.253 e. The molecule has 0 unspecified atom stereocenters. The zero-order chi connectivity index (χ0) is 17.2. The molecule has 0 aliphatic carbocycles. The van der Waals surface area contributed by atoms with Crippen LogP contribution in [-0.2, 0) is 4.79 Å². The van der Waals surface area contributed by atoms with Crippen LogP contribution in [0.4, 0.5) is 0 Å². The second-order valence-corrected chi connectivity index (χ2v) is 7.16. The Kier molecular flexibility index (Phi) is 4.43. The molecule has 2 aliphatic heterocycles. The molecule has 2 heterocycles. The van der Waals surface area contributed by atoms with Gasteiger partial charge in [0.15, 0.2) is 0 Å². The van der Waals surface area contributed by atoms with Crippen molar-refractivity contribution in [3.63, 3.8) is 0 Å². The molecule has 2 saturated heterocycles. The van der Waals surface area contributed by atoms with Crippen molar-refractivity contribution in [2.75, 3.05) is 26.2 Å². The van der Waals surface area contributed by atoms with Crippen molar-refractivity contribution in [2.45, 2.75) is 25.7 Å². The van der Waals surface area contributed by atoms with E-state index in [4.69, 9.17) is 0 Å². The Morgan fingerprint density at radius 3 is 2.20 bits per heavy atom. The van der Waals surface area contributed by atoms with Gasteiger partial charge in [0.1, 0.15) is 0 Å². The fraction of sp³-hybridized carbons (Fsp3) is 0.429. The van der Waals surface area contributed by atoms with Crippen LogP contribution in [0.1, 0.15) is 36.0 Å². The molecule has 2 amide bonds. The number of piperidine rings is 1. The third kappa shape index (κ3) is 3.26. The van der Waals surface area contributed by atoms with Crippen molar-refractivity contribution in [1.29, 1.82) is 0 Å². The largest absolute Gasteiger partial charge is 0.342 e. The average Bonchev–Trinajstić information content (AvgIpc) is 3.21. The number of amides is 2. The maximum absolute atomic E-state index is 12.8. The van der Waals surface area contributed by atoms with Gasteiger partial charge in [0.2, 0.25) is 5.91 Å². The summed E-state index contributed by atoms with van der Waals surface area (Å²) in [7, 11) is 0. The van der Waals surface area contributed by atoms with Gasteiger partial charge in [0.05, 0.1) is 0 Å². The Bertz CT molecular complexity index is 787. The molecule has 4 nitrogen and oxygen atoms in total. The van der Waals surface area contributed by atoms with E-state index >= 15 is 0 Å². The van der Waals surface area contributed by atoms with Crippen LogP contribution in [0.3, 0.4) is 0 Å². The SMILES string of the molecule is O=C(c1ccc2ccccc2c1)N1CCC(C(=O)N2CCCC2)CC1. The van der Waals surface area contributed by atoms with Gasteiger partial charge < -0.3 is 9.80 Å². The monoisotopic (exact) mass is 336 g/mol. The molecular formula is C21H24N2O2. The lowest BCUT2D eigenvalue weighted by atomic mass is 9.94. The Balaban J connectivity index is 1.41. The predicted molar refractivity (Wildman–Crippen MR) is 98.4 cm³/mol. The van der Waals surface area contributed by atoms with E-state index in [0.29, 0.717) is 19.0 Å². The van der Waals surface area contributed by atoms with E-state index < -0.39 is 0 Å². The van der Waals surface area contributed by atoms with Gasteiger partial charge >= 0.3 is 0 Å². The smallest absolute Gasteiger partial charge is 0.253 e. The lowest BCUT2D eigenvalue weighted by Gasteiger charge is -2.33. The molecule has 0 N–H and O–H groups in total. The quantitative estimate of drug-likeness (QED) is 0.844. The minimum Gasteiger partial charge on any atom is -0.342 e. The van der Waals surface area contributed by atoms with Gasteiger partial charge in [-0.3, -0.25) is 9.59 Å². The Hall–Kier alpha value is -2.36. The molecule has 4 rings (SSSR count). The first kappa shape index (κ1) is 16.1. The summed E-state index contributed by atoms with van der Waals surface area (Å²) >= 11 is 0. The van der Waals surface area contributed by atoms with Crippen LogP contribution in [0, 0.1) is 5.92 Å². The summed E-state index contributed by atoms with van der Waals surface area (Å²) < 4.78 is 0. The fourth-order valence-electron chi connectivity index (χ4n) is 4.03. The minimum atomic E-state index is 0.0813. The van der Waals surface area contributed by atoms with Crippen molar-refractivity contribution >= 4 is 22.6 Å². The molecular weight excluding hydrogens is 312 g/mol. The number of fused-ring (bicyclic) bond motifs is 1. The van der Waals surface area contributed by atoms with E-state index in [0.717, 1.165) is 55.1 Å². The average molecular weight is 336 g/mol. The molecule has 0 saturated carbocycles. The summed E-state index contributed by atoms with van der Waals surface area (Å²) in [5.74, 6) is 0.479. The Labute approximate surface area is 148 Å². The zero-order valence-electron chi connectivity index (χ0n) is 14.5. The van der Waals surface area contributed by atoms with Crippen LogP contribution in [0.5, 0.6) is 0 Å². The summed E-state index contributed by atoms with van der Waals surface area (Å²) in [5, 5.41) is 2.24. The van der Waals surface area contributed by atoms with Crippen LogP contribution in [-0.4, -0.2) is 47.8 Å². The van der Waals surface area contributed by atoms with Crippen molar-refractivity contribution in [1.82, 2.24) is 9.80 Å². The van der Waals surface area contributed by atoms with Crippen LogP contribution >= 0.6 is 0 Å². The normalized spacial score (nSPS) is 18.7. The summed E-state index contributed by atoms with van der Waals surface area (Å²) in [6.45, 7) is 3.18. The second kappa shape index (κ2) is 6.87. The predicted octanol–water partition coefficient (Wildman–Crippen LogP) is 3.31. The highest BCUT2D eigenvalue weighted by Crippen LogP contribution is 2.24. The first-order valence-electron chi connectivity index (χ1n) is 9.29. The van der Waals surface area contributed by atoms with Gasteiger partial charge in [-0.25, -0.2) is 0 Å². The zero-order valence-corrected chi connectivity index (χ0v) is 14.5. The second-order valence-electron chi connectivity index (χ2n) is 7.16. The van der Waals surface area contributed by atoms with Gasteiger partial charge in [0.25, 0.3) is 5.91 Å². The van der Waals surface area contributed by atoms with E-state index in [-0.39, 0.29) is 11.8 Å². The first-order chi connectivity index (χ1) is 12.2. The Morgan fingerprint density at radius 1 is 0.800 bits per heavy atom. The van der Waals surface area contributed by atoms with Gasteiger partial charge in [-0.05, 0) is 48.6 Å². The molecule has 0 atom stereocenters. The third-order valence-corrected chi connectivity index (χ3v) is 5.55.